The molecule has 11 nitrogen and oxygen atoms in total. The number of aryl methyl sites for hydroxylation is 1. The van der Waals surface area contributed by atoms with E-state index in [4.69, 9.17) is 4.74 Å². The quantitative estimate of drug-likeness (QED) is 0.299. The van der Waals surface area contributed by atoms with Gasteiger partial charge in [0.05, 0.1) is 36.2 Å². The van der Waals surface area contributed by atoms with Crippen molar-refractivity contribution in [3.8, 4) is 17.1 Å². The van der Waals surface area contributed by atoms with Crippen LogP contribution in [0.4, 0.5) is 27.4 Å². The fourth-order valence-corrected chi connectivity index (χ4v) is 4.03. The fourth-order valence-electron chi connectivity index (χ4n) is 4.03. The van der Waals surface area contributed by atoms with Crippen LogP contribution >= 0.6 is 0 Å². The smallest absolute Gasteiger partial charge is 0.349 e. The molecule has 3 heterocycles. The Hall–Kier alpha value is -4.61. The second kappa shape index (κ2) is 10.0. The van der Waals surface area contributed by atoms with Crippen molar-refractivity contribution < 1.29 is 13.9 Å². The molecule has 0 bridgehead atoms. The molecule has 1 saturated carbocycles. The lowest BCUT2D eigenvalue weighted by Gasteiger charge is -2.17. The van der Waals surface area contributed by atoms with E-state index in [1.165, 1.54) is 17.0 Å². The van der Waals surface area contributed by atoms with Gasteiger partial charge in [0.25, 0.3) is 0 Å². The average molecular weight is 519 g/mol. The molecule has 2 N–H and O–H groups in total. The zero-order valence-corrected chi connectivity index (χ0v) is 21.2. The summed E-state index contributed by atoms with van der Waals surface area (Å²) in [5, 5.41) is 10.6. The van der Waals surface area contributed by atoms with Gasteiger partial charge >= 0.3 is 5.69 Å². The molecular weight excluding hydrogens is 491 g/mol. The lowest BCUT2D eigenvalue weighted by atomic mass is 10.1. The van der Waals surface area contributed by atoms with E-state index in [0.29, 0.717) is 52.7 Å². The molecule has 0 amide bonds. The maximum Gasteiger partial charge on any atom is 0.349 e. The van der Waals surface area contributed by atoms with Gasteiger partial charge in [-0.3, -0.25) is 14.0 Å². The van der Waals surface area contributed by atoms with E-state index in [1.54, 1.807) is 44.2 Å². The number of halogens is 1. The van der Waals surface area contributed by atoms with Crippen LogP contribution in [-0.4, -0.2) is 47.9 Å². The number of ketones is 1. The topological polar surface area (TPSA) is 129 Å². The summed E-state index contributed by atoms with van der Waals surface area (Å²) in [4.78, 5) is 37.8. The Morgan fingerprint density at radius 3 is 2.63 bits per heavy atom. The molecule has 0 radical (unpaired) electrons. The first-order chi connectivity index (χ1) is 18.3. The van der Waals surface area contributed by atoms with E-state index in [-0.39, 0.29) is 24.6 Å². The average Bonchev–Trinajstić information content (AvgIpc) is 3.47. The molecule has 0 spiro atoms. The van der Waals surface area contributed by atoms with E-state index < -0.39 is 11.4 Å². The van der Waals surface area contributed by atoms with Gasteiger partial charge in [-0.05, 0) is 31.0 Å². The SMILES string of the molecule is CCC(=O)c1cnc(Nc2ccn(CC3(F)CC3)c(=O)n2)cc1Nc1cccc(-c2ncn(C)n2)c1OC. The van der Waals surface area contributed by atoms with Gasteiger partial charge in [-0.25, -0.2) is 19.2 Å². The van der Waals surface area contributed by atoms with Gasteiger partial charge in [-0.1, -0.05) is 13.0 Å². The molecule has 4 aromatic rings. The lowest BCUT2D eigenvalue weighted by molar-refractivity contribution is 0.0988. The van der Waals surface area contributed by atoms with Crippen molar-refractivity contribution in [3.05, 3.63) is 65.1 Å². The third-order valence-corrected chi connectivity index (χ3v) is 6.23. The fraction of sp³-hybridized carbons (Fsp3) is 0.308. The number of hydrogen-bond acceptors (Lipinski definition) is 9. The number of ether oxygens (including phenoxy) is 1. The van der Waals surface area contributed by atoms with E-state index in [2.05, 4.69) is 30.7 Å². The predicted molar refractivity (Wildman–Crippen MR) is 140 cm³/mol. The van der Waals surface area contributed by atoms with Crippen LogP contribution in [0.3, 0.4) is 0 Å². The number of para-hydroxylation sites is 1. The molecule has 0 unspecified atom stereocenters. The van der Waals surface area contributed by atoms with Gasteiger partial charge in [0.1, 0.15) is 23.6 Å². The van der Waals surface area contributed by atoms with Gasteiger partial charge in [-0.2, -0.15) is 10.1 Å². The minimum atomic E-state index is -1.31. The molecular formula is C26H27FN8O3. The molecule has 0 aliphatic heterocycles. The summed E-state index contributed by atoms with van der Waals surface area (Å²) in [5.41, 5.74) is 0.290. The van der Waals surface area contributed by atoms with Crippen molar-refractivity contribution in [3.63, 3.8) is 0 Å². The van der Waals surface area contributed by atoms with Crippen LogP contribution in [0.25, 0.3) is 11.4 Å². The number of alkyl halides is 1. The van der Waals surface area contributed by atoms with Crippen LogP contribution in [0, 0.1) is 0 Å². The van der Waals surface area contributed by atoms with Crippen LogP contribution in [0.2, 0.25) is 0 Å². The number of carbonyl (C=O) groups excluding carboxylic acids is 1. The number of hydrogen-bond donors (Lipinski definition) is 2. The summed E-state index contributed by atoms with van der Waals surface area (Å²) < 4.78 is 22.6. The highest BCUT2D eigenvalue weighted by Crippen LogP contribution is 2.41. The number of aromatic nitrogens is 6. The van der Waals surface area contributed by atoms with Crippen LogP contribution in [0.1, 0.15) is 36.5 Å². The number of rotatable bonds is 10. The molecule has 1 aliphatic rings. The van der Waals surface area contributed by atoms with Crippen molar-refractivity contribution in [2.45, 2.75) is 38.4 Å². The van der Waals surface area contributed by atoms with Crippen molar-refractivity contribution in [2.24, 2.45) is 7.05 Å². The monoisotopic (exact) mass is 518 g/mol. The Labute approximate surface area is 217 Å². The Balaban J connectivity index is 1.46. The number of Topliss-reactive ketones (excluding diaryl/α,β-unsaturated/α-hetero) is 1. The molecule has 5 rings (SSSR count). The second-order valence-corrected chi connectivity index (χ2v) is 9.14. The number of nitrogens with zero attached hydrogens (tertiary/aromatic N) is 6. The summed E-state index contributed by atoms with van der Waals surface area (Å²) in [5.74, 6) is 1.51. The minimum Gasteiger partial charge on any atom is -0.494 e. The van der Waals surface area contributed by atoms with Gasteiger partial charge < -0.3 is 15.4 Å². The number of methoxy groups -OCH3 is 1. The number of nitrogens with one attached hydrogen (secondary N) is 2. The molecule has 0 atom stereocenters. The summed E-state index contributed by atoms with van der Waals surface area (Å²) in [6.07, 6.45) is 5.76. The maximum atomic E-state index is 14.1. The van der Waals surface area contributed by atoms with Gasteiger partial charge in [0.2, 0.25) is 0 Å². The number of benzene rings is 1. The highest BCUT2D eigenvalue weighted by Gasteiger charge is 2.43. The minimum absolute atomic E-state index is 0.00578. The summed E-state index contributed by atoms with van der Waals surface area (Å²) >= 11 is 0. The zero-order chi connectivity index (χ0) is 26.9. The third-order valence-electron chi connectivity index (χ3n) is 6.23. The Bertz CT molecular complexity index is 1560. The van der Waals surface area contributed by atoms with E-state index in [1.807, 2.05) is 18.2 Å². The summed E-state index contributed by atoms with van der Waals surface area (Å²) in [6.45, 7) is 1.77. The first-order valence-corrected chi connectivity index (χ1v) is 12.2. The number of pyridine rings is 1. The normalized spacial score (nSPS) is 13.7. The Morgan fingerprint density at radius 2 is 1.97 bits per heavy atom. The molecule has 1 fully saturated rings. The molecule has 12 heteroatoms. The standard InChI is InChI=1S/C26H27FN8O3/c1-4-20(36)17-13-28-22(31-21-8-11-35(25(37)32-21)14-26(27)9-10-26)12-19(17)30-18-7-5-6-16(23(18)38-3)24-29-15-34(2)33-24/h5-8,11-13,15H,4,9-10,14H2,1-3H3,(H2,28,30,31,32,37). The largest absolute Gasteiger partial charge is 0.494 e. The van der Waals surface area contributed by atoms with Gasteiger partial charge in [0.15, 0.2) is 17.4 Å². The van der Waals surface area contributed by atoms with Crippen LogP contribution < -0.4 is 21.1 Å². The number of anilines is 4. The van der Waals surface area contributed by atoms with E-state index >= 15 is 0 Å². The lowest BCUT2D eigenvalue weighted by Crippen LogP contribution is -2.27. The Kier molecular flexibility index (Phi) is 6.62. The summed E-state index contributed by atoms with van der Waals surface area (Å²) in [7, 11) is 3.33. The highest BCUT2D eigenvalue weighted by atomic mass is 19.1. The Morgan fingerprint density at radius 1 is 1.16 bits per heavy atom. The maximum absolute atomic E-state index is 14.1. The molecule has 196 valence electrons. The van der Waals surface area contributed by atoms with Crippen molar-refractivity contribution in [1.29, 1.82) is 0 Å². The van der Waals surface area contributed by atoms with E-state index in [9.17, 15) is 14.0 Å². The van der Waals surface area contributed by atoms with Crippen molar-refractivity contribution >= 4 is 28.8 Å². The zero-order valence-electron chi connectivity index (χ0n) is 21.2. The van der Waals surface area contributed by atoms with Crippen LogP contribution in [0.15, 0.2) is 53.8 Å². The second-order valence-electron chi connectivity index (χ2n) is 9.14. The molecule has 1 aliphatic carbocycles. The first-order valence-electron chi connectivity index (χ1n) is 12.2. The first kappa shape index (κ1) is 25.1. The highest BCUT2D eigenvalue weighted by molar-refractivity contribution is 6.02. The van der Waals surface area contributed by atoms with Gasteiger partial charge in [0, 0.05) is 31.9 Å². The third kappa shape index (κ3) is 5.24. The van der Waals surface area contributed by atoms with Crippen molar-refractivity contribution in [2.75, 3.05) is 17.7 Å². The van der Waals surface area contributed by atoms with Crippen molar-refractivity contribution in [1.82, 2.24) is 29.3 Å². The molecule has 3 aromatic heterocycles. The van der Waals surface area contributed by atoms with Crippen LogP contribution in [-0.2, 0) is 13.6 Å². The predicted octanol–water partition coefficient (Wildman–Crippen LogP) is 4.02. The van der Waals surface area contributed by atoms with E-state index in [0.717, 1.165) is 0 Å². The number of carbonyl (C=O) groups is 1. The molecule has 38 heavy (non-hydrogen) atoms. The van der Waals surface area contributed by atoms with Crippen LogP contribution in [0.5, 0.6) is 5.75 Å². The summed E-state index contributed by atoms with van der Waals surface area (Å²) in [6, 6.07) is 8.73. The van der Waals surface area contributed by atoms with Gasteiger partial charge in [-0.15, -0.1) is 0 Å². The molecule has 1 aromatic carbocycles. The molecule has 0 saturated heterocycles.